The van der Waals surface area contributed by atoms with Crippen LogP contribution in [0, 0.1) is 23.7 Å². The Morgan fingerprint density at radius 3 is 2.32 bits per heavy atom. The molecule has 0 N–H and O–H groups in total. The maximum atomic E-state index is 12.9. The van der Waals surface area contributed by atoms with Crippen molar-refractivity contribution in [3.63, 3.8) is 0 Å². The molecule has 2 fully saturated rings. The first kappa shape index (κ1) is 19.7. The van der Waals surface area contributed by atoms with Crippen molar-refractivity contribution in [1.82, 2.24) is 0 Å². The van der Waals surface area contributed by atoms with Crippen molar-refractivity contribution < 1.29 is 4.79 Å². The molecule has 0 saturated heterocycles. The number of Topliss-reactive ketones (excluding diaryl/α,β-unsaturated/α-hetero) is 1. The zero-order chi connectivity index (χ0) is 19.3. The molecule has 28 heavy (non-hydrogen) atoms. The van der Waals surface area contributed by atoms with Crippen LogP contribution in [0.2, 0.25) is 0 Å². The molecule has 3 aliphatic carbocycles. The van der Waals surface area contributed by atoms with Gasteiger partial charge in [0, 0.05) is 18.3 Å². The highest BCUT2D eigenvalue weighted by atomic mass is 16.1. The Morgan fingerprint density at radius 2 is 1.61 bits per heavy atom. The predicted molar refractivity (Wildman–Crippen MR) is 118 cm³/mol. The van der Waals surface area contributed by atoms with Crippen LogP contribution in [0.25, 0.3) is 5.57 Å². The molecule has 1 aromatic carbocycles. The van der Waals surface area contributed by atoms with E-state index in [1.807, 2.05) is 0 Å². The lowest BCUT2D eigenvalue weighted by Crippen LogP contribution is -2.22. The average Bonchev–Trinajstić information content (AvgIpc) is 3.18. The van der Waals surface area contributed by atoms with Crippen LogP contribution in [-0.4, -0.2) is 5.78 Å². The highest BCUT2D eigenvalue weighted by Crippen LogP contribution is 2.46. The molecule has 1 aromatic rings. The molecule has 150 valence electrons. The SMILES string of the molecule is CC1CCC(C(=O)CCC2=CC=C(c3ccccc3)C2C2CCCCC2)CC1. The minimum absolute atomic E-state index is 0.341. The highest BCUT2D eigenvalue weighted by molar-refractivity contribution is 5.82. The third kappa shape index (κ3) is 4.50. The summed E-state index contributed by atoms with van der Waals surface area (Å²) in [7, 11) is 0. The molecule has 0 bridgehead atoms. The lowest BCUT2D eigenvalue weighted by Gasteiger charge is -2.32. The zero-order valence-corrected chi connectivity index (χ0v) is 17.5. The lowest BCUT2D eigenvalue weighted by atomic mass is 9.72. The summed E-state index contributed by atoms with van der Waals surface area (Å²) in [4.78, 5) is 12.9. The Kier molecular flexibility index (Phi) is 6.50. The summed E-state index contributed by atoms with van der Waals surface area (Å²) in [5.74, 6) is 2.99. The lowest BCUT2D eigenvalue weighted by molar-refractivity contribution is -0.124. The van der Waals surface area contributed by atoms with Gasteiger partial charge < -0.3 is 0 Å². The summed E-state index contributed by atoms with van der Waals surface area (Å²) in [5, 5.41) is 0. The van der Waals surface area contributed by atoms with Gasteiger partial charge in [-0.1, -0.05) is 87.1 Å². The fourth-order valence-corrected chi connectivity index (χ4v) is 5.83. The van der Waals surface area contributed by atoms with E-state index in [-0.39, 0.29) is 0 Å². The van der Waals surface area contributed by atoms with Crippen molar-refractivity contribution in [2.75, 3.05) is 0 Å². The summed E-state index contributed by atoms with van der Waals surface area (Å²) in [6, 6.07) is 10.9. The van der Waals surface area contributed by atoms with Gasteiger partial charge >= 0.3 is 0 Å². The van der Waals surface area contributed by atoms with Crippen molar-refractivity contribution in [3.8, 4) is 0 Å². The minimum Gasteiger partial charge on any atom is -0.299 e. The van der Waals surface area contributed by atoms with Crippen LogP contribution in [0.4, 0.5) is 0 Å². The van der Waals surface area contributed by atoms with Gasteiger partial charge in [0.15, 0.2) is 0 Å². The Hall–Kier alpha value is -1.63. The largest absolute Gasteiger partial charge is 0.299 e. The van der Waals surface area contributed by atoms with E-state index < -0.39 is 0 Å². The summed E-state index contributed by atoms with van der Waals surface area (Å²) < 4.78 is 0. The van der Waals surface area contributed by atoms with Gasteiger partial charge in [-0.05, 0) is 55.1 Å². The molecular formula is C27H36O. The Labute approximate surface area is 171 Å². The quantitative estimate of drug-likeness (QED) is 0.506. The number of carbonyl (C=O) groups is 1. The van der Waals surface area contributed by atoms with E-state index in [9.17, 15) is 4.79 Å². The van der Waals surface area contributed by atoms with Gasteiger partial charge in [0.25, 0.3) is 0 Å². The average molecular weight is 377 g/mol. The first-order chi connectivity index (χ1) is 13.7. The summed E-state index contributed by atoms with van der Waals surface area (Å²) in [6.07, 6.45) is 18.0. The Morgan fingerprint density at radius 1 is 0.893 bits per heavy atom. The molecule has 0 amide bonds. The summed E-state index contributed by atoms with van der Waals surface area (Å²) in [6.45, 7) is 2.33. The van der Waals surface area contributed by atoms with E-state index in [2.05, 4.69) is 49.4 Å². The maximum Gasteiger partial charge on any atom is 0.136 e. The fraction of sp³-hybridized carbons (Fsp3) is 0.593. The number of hydrogen-bond acceptors (Lipinski definition) is 1. The second-order valence-corrected chi connectivity index (χ2v) is 9.53. The summed E-state index contributed by atoms with van der Waals surface area (Å²) in [5.41, 5.74) is 4.40. The van der Waals surface area contributed by atoms with E-state index >= 15 is 0 Å². The molecule has 1 atom stereocenters. The molecular weight excluding hydrogens is 340 g/mol. The van der Waals surface area contributed by atoms with Gasteiger partial charge in [0.1, 0.15) is 5.78 Å². The van der Waals surface area contributed by atoms with Gasteiger partial charge in [0.2, 0.25) is 0 Å². The molecule has 0 radical (unpaired) electrons. The van der Waals surface area contributed by atoms with Crippen molar-refractivity contribution >= 4 is 11.4 Å². The molecule has 1 heteroatoms. The molecule has 3 aliphatic rings. The highest BCUT2D eigenvalue weighted by Gasteiger charge is 2.33. The van der Waals surface area contributed by atoms with E-state index in [0.717, 1.165) is 37.5 Å². The van der Waals surface area contributed by atoms with Crippen LogP contribution in [0.5, 0.6) is 0 Å². The van der Waals surface area contributed by atoms with Crippen molar-refractivity contribution in [3.05, 3.63) is 53.6 Å². The van der Waals surface area contributed by atoms with Crippen molar-refractivity contribution in [2.45, 2.75) is 77.6 Å². The molecule has 0 heterocycles. The molecule has 0 aromatic heterocycles. The van der Waals surface area contributed by atoms with E-state index in [0.29, 0.717) is 17.6 Å². The second-order valence-electron chi connectivity index (χ2n) is 9.53. The van der Waals surface area contributed by atoms with E-state index in [4.69, 9.17) is 0 Å². The van der Waals surface area contributed by atoms with Gasteiger partial charge in [-0.25, -0.2) is 0 Å². The van der Waals surface area contributed by atoms with Crippen molar-refractivity contribution in [2.24, 2.45) is 23.7 Å². The zero-order valence-electron chi connectivity index (χ0n) is 17.5. The second kappa shape index (κ2) is 9.25. The maximum absolute atomic E-state index is 12.9. The first-order valence-corrected chi connectivity index (χ1v) is 11.7. The molecule has 0 spiro atoms. The van der Waals surface area contributed by atoms with Crippen molar-refractivity contribution in [1.29, 1.82) is 0 Å². The fourth-order valence-electron chi connectivity index (χ4n) is 5.83. The Bertz CT molecular complexity index is 712. The van der Waals surface area contributed by atoms with Crippen LogP contribution < -0.4 is 0 Å². The van der Waals surface area contributed by atoms with Crippen LogP contribution in [0.3, 0.4) is 0 Å². The monoisotopic (exact) mass is 376 g/mol. The minimum atomic E-state index is 0.341. The molecule has 1 unspecified atom stereocenters. The topological polar surface area (TPSA) is 17.1 Å². The van der Waals surface area contributed by atoms with E-state index in [1.165, 1.54) is 61.7 Å². The number of allylic oxidation sites excluding steroid dienone is 4. The number of carbonyl (C=O) groups excluding carboxylic acids is 1. The summed E-state index contributed by atoms with van der Waals surface area (Å²) >= 11 is 0. The number of rotatable bonds is 6. The normalized spacial score (nSPS) is 28.7. The van der Waals surface area contributed by atoms with Crippen LogP contribution in [0.15, 0.2) is 48.1 Å². The number of hydrogen-bond donors (Lipinski definition) is 0. The third-order valence-electron chi connectivity index (χ3n) is 7.57. The van der Waals surface area contributed by atoms with Gasteiger partial charge in [-0.3, -0.25) is 4.79 Å². The van der Waals surface area contributed by atoms with Crippen LogP contribution in [0.1, 0.15) is 83.1 Å². The molecule has 0 aliphatic heterocycles. The number of ketones is 1. The third-order valence-corrected chi connectivity index (χ3v) is 7.57. The van der Waals surface area contributed by atoms with Gasteiger partial charge in [-0.2, -0.15) is 0 Å². The van der Waals surface area contributed by atoms with E-state index in [1.54, 1.807) is 0 Å². The van der Waals surface area contributed by atoms with Gasteiger partial charge in [0.05, 0.1) is 0 Å². The number of benzene rings is 1. The van der Waals surface area contributed by atoms with Crippen LogP contribution >= 0.6 is 0 Å². The molecule has 2 saturated carbocycles. The predicted octanol–water partition coefficient (Wildman–Crippen LogP) is 7.38. The van der Waals surface area contributed by atoms with Gasteiger partial charge in [-0.15, -0.1) is 0 Å². The van der Waals surface area contributed by atoms with Crippen LogP contribution in [-0.2, 0) is 4.79 Å². The first-order valence-electron chi connectivity index (χ1n) is 11.7. The molecule has 1 nitrogen and oxygen atoms in total. The molecule has 4 rings (SSSR count). The smallest absolute Gasteiger partial charge is 0.136 e. The standard InChI is InChI=1S/C27H36O/c1-20-12-14-22(15-13-20)26(28)19-17-24-16-18-25(21-8-4-2-5-9-21)27(24)23-10-6-3-7-11-23/h2,4-5,8-9,16,18,20,22-23,27H,3,6-7,10-15,17,19H2,1H3. The Balaban J connectivity index is 1.43.